The summed E-state index contributed by atoms with van der Waals surface area (Å²) < 4.78 is 16.8. The topological polar surface area (TPSA) is 41.6 Å². The van der Waals surface area contributed by atoms with Crippen LogP contribution in [-0.2, 0) is 15.5 Å². The average Bonchev–Trinajstić information content (AvgIpc) is 2.23. The van der Waals surface area contributed by atoms with Crippen molar-refractivity contribution in [3.05, 3.63) is 0 Å². The maximum atomic E-state index is 11.1. The van der Waals surface area contributed by atoms with Crippen molar-refractivity contribution in [2.75, 3.05) is 50.8 Å². The Morgan fingerprint density at radius 3 is 2.86 bits per heavy atom. The molecule has 4 nitrogen and oxygen atoms in total. The molecule has 0 spiro atoms. The maximum Gasteiger partial charge on any atom is 0.0826 e. The molecule has 0 aromatic rings. The van der Waals surface area contributed by atoms with Crippen molar-refractivity contribution in [3.63, 3.8) is 0 Å². The lowest BCUT2D eigenvalue weighted by atomic mass is 10.3. The molecule has 0 aromatic heterocycles. The van der Waals surface area contributed by atoms with E-state index in [0.29, 0.717) is 6.10 Å². The van der Waals surface area contributed by atoms with Gasteiger partial charge in [-0.15, -0.1) is 0 Å². The zero-order valence-corrected chi connectivity index (χ0v) is 9.22. The highest BCUT2D eigenvalue weighted by molar-refractivity contribution is 7.85. The minimum absolute atomic E-state index is 0.329. The number of nitrogens with zero attached hydrogens (tertiary/aromatic N) is 1. The normalized spacial score (nSPS) is 31.9. The first-order valence-electron chi connectivity index (χ1n) is 5.24. The summed E-state index contributed by atoms with van der Waals surface area (Å²) in [7, 11) is -0.566. The quantitative estimate of drug-likeness (QED) is 0.648. The zero-order valence-electron chi connectivity index (χ0n) is 8.41. The van der Waals surface area contributed by atoms with Crippen LogP contribution in [0.1, 0.15) is 0 Å². The Kier molecular flexibility index (Phi) is 3.92. The highest BCUT2D eigenvalue weighted by Gasteiger charge is 2.20. The molecule has 0 bridgehead atoms. The molecule has 0 radical (unpaired) electrons. The third-order valence-corrected chi connectivity index (χ3v) is 4.01. The lowest BCUT2D eigenvalue weighted by molar-refractivity contribution is 0.00717. The number of morpholine rings is 1. The van der Waals surface area contributed by atoms with Crippen LogP contribution in [0.2, 0.25) is 0 Å². The largest absolute Gasteiger partial charge is 0.374 e. The van der Waals surface area contributed by atoms with Gasteiger partial charge in [0.15, 0.2) is 0 Å². The van der Waals surface area contributed by atoms with Crippen LogP contribution in [0, 0.1) is 0 Å². The molecule has 0 amide bonds. The van der Waals surface area contributed by atoms with Crippen molar-refractivity contribution in [2.45, 2.75) is 6.10 Å². The molecule has 2 aliphatic heterocycles. The molecule has 1 unspecified atom stereocenters. The van der Waals surface area contributed by atoms with E-state index >= 15 is 0 Å². The molecule has 82 valence electrons. The Hall–Kier alpha value is 0.0300. The van der Waals surface area contributed by atoms with Crippen molar-refractivity contribution in [1.82, 2.24) is 10.2 Å². The van der Waals surface area contributed by atoms with Gasteiger partial charge in [0.25, 0.3) is 0 Å². The van der Waals surface area contributed by atoms with Crippen LogP contribution in [-0.4, -0.2) is 66.0 Å². The number of rotatable bonds is 2. The fourth-order valence-corrected chi connectivity index (χ4v) is 3.01. The fourth-order valence-electron chi connectivity index (χ4n) is 1.88. The van der Waals surface area contributed by atoms with Gasteiger partial charge in [0.1, 0.15) is 0 Å². The third kappa shape index (κ3) is 3.02. The molecule has 14 heavy (non-hydrogen) atoms. The summed E-state index contributed by atoms with van der Waals surface area (Å²) >= 11 is 0. The second-order valence-corrected chi connectivity index (χ2v) is 5.54. The lowest BCUT2D eigenvalue weighted by Gasteiger charge is -2.32. The molecule has 2 rings (SSSR count). The zero-order chi connectivity index (χ0) is 9.80. The van der Waals surface area contributed by atoms with Crippen LogP contribution in [0.5, 0.6) is 0 Å². The van der Waals surface area contributed by atoms with Crippen molar-refractivity contribution in [2.24, 2.45) is 0 Å². The predicted molar refractivity (Wildman–Crippen MR) is 56.9 cm³/mol. The summed E-state index contributed by atoms with van der Waals surface area (Å²) in [6.45, 7) is 5.67. The molecule has 1 N–H and O–H groups in total. The van der Waals surface area contributed by atoms with E-state index in [2.05, 4.69) is 10.2 Å². The average molecular weight is 218 g/mol. The predicted octanol–water partition coefficient (Wildman–Crippen LogP) is -0.961. The molecule has 0 saturated carbocycles. The third-order valence-electron chi connectivity index (χ3n) is 2.74. The highest BCUT2D eigenvalue weighted by atomic mass is 32.2. The summed E-state index contributed by atoms with van der Waals surface area (Å²) in [6.07, 6.45) is 0.329. The van der Waals surface area contributed by atoms with Gasteiger partial charge < -0.3 is 10.1 Å². The van der Waals surface area contributed by atoms with Gasteiger partial charge in [0, 0.05) is 55.0 Å². The first-order chi connectivity index (χ1) is 6.84. The van der Waals surface area contributed by atoms with Crippen LogP contribution < -0.4 is 5.32 Å². The molecular formula is C9H18N2O2S. The van der Waals surface area contributed by atoms with Crippen molar-refractivity contribution in [3.8, 4) is 0 Å². The first-order valence-corrected chi connectivity index (χ1v) is 6.73. The van der Waals surface area contributed by atoms with Crippen LogP contribution >= 0.6 is 0 Å². The number of ether oxygens (including phenoxy) is 1. The van der Waals surface area contributed by atoms with Gasteiger partial charge in [-0.1, -0.05) is 0 Å². The van der Waals surface area contributed by atoms with E-state index < -0.39 is 10.8 Å². The molecule has 2 fully saturated rings. The van der Waals surface area contributed by atoms with Crippen molar-refractivity contribution < 1.29 is 8.95 Å². The van der Waals surface area contributed by atoms with E-state index in [-0.39, 0.29) is 0 Å². The van der Waals surface area contributed by atoms with Gasteiger partial charge >= 0.3 is 0 Å². The van der Waals surface area contributed by atoms with E-state index in [1.807, 2.05) is 0 Å². The summed E-state index contributed by atoms with van der Waals surface area (Å²) in [4.78, 5) is 2.36. The van der Waals surface area contributed by atoms with E-state index in [0.717, 1.165) is 50.8 Å². The van der Waals surface area contributed by atoms with Crippen molar-refractivity contribution in [1.29, 1.82) is 0 Å². The Labute approximate surface area is 87.4 Å². The highest BCUT2D eigenvalue weighted by Crippen LogP contribution is 2.04. The van der Waals surface area contributed by atoms with E-state index in [4.69, 9.17) is 4.74 Å². The standard InChI is InChI=1S/C9H18N2O2S/c12-14-5-2-11(3-6-14)8-9-7-10-1-4-13-9/h9-10H,1-8H2. The van der Waals surface area contributed by atoms with Crippen LogP contribution in [0.3, 0.4) is 0 Å². The van der Waals surface area contributed by atoms with E-state index in [1.54, 1.807) is 0 Å². The molecule has 2 aliphatic rings. The smallest absolute Gasteiger partial charge is 0.0826 e. The molecule has 0 aromatic carbocycles. The minimum atomic E-state index is -0.566. The lowest BCUT2D eigenvalue weighted by Crippen LogP contribution is -2.48. The Morgan fingerprint density at radius 2 is 2.21 bits per heavy atom. The Morgan fingerprint density at radius 1 is 1.43 bits per heavy atom. The molecule has 0 aliphatic carbocycles. The first kappa shape index (κ1) is 10.5. The summed E-state index contributed by atoms with van der Waals surface area (Å²) in [6, 6.07) is 0. The van der Waals surface area contributed by atoms with E-state index in [9.17, 15) is 4.21 Å². The van der Waals surface area contributed by atoms with Crippen LogP contribution in [0.15, 0.2) is 0 Å². The number of hydrogen-bond donors (Lipinski definition) is 1. The van der Waals surface area contributed by atoms with Crippen LogP contribution in [0.25, 0.3) is 0 Å². The number of hydrogen-bond acceptors (Lipinski definition) is 4. The van der Waals surface area contributed by atoms with Crippen molar-refractivity contribution >= 4 is 10.8 Å². The second kappa shape index (κ2) is 5.21. The van der Waals surface area contributed by atoms with Gasteiger partial charge in [-0.3, -0.25) is 9.11 Å². The summed E-state index contributed by atoms with van der Waals surface area (Å²) in [5.74, 6) is 1.67. The SMILES string of the molecule is O=S1CCN(CC2CNCCO2)CC1. The molecule has 1 atom stereocenters. The second-order valence-electron chi connectivity index (χ2n) is 3.85. The Bertz CT molecular complexity index is 197. The molecule has 5 heteroatoms. The minimum Gasteiger partial charge on any atom is -0.374 e. The molecule has 2 heterocycles. The van der Waals surface area contributed by atoms with E-state index in [1.165, 1.54) is 0 Å². The number of nitrogens with one attached hydrogen (secondary N) is 1. The molecule has 2 saturated heterocycles. The van der Waals surface area contributed by atoms with Gasteiger partial charge in [0.05, 0.1) is 12.7 Å². The fraction of sp³-hybridized carbons (Fsp3) is 1.00. The van der Waals surface area contributed by atoms with Gasteiger partial charge in [-0.05, 0) is 0 Å². The monoisotopic (exact) mass is 218 g/mol. The summed E-state index contributed by atoms with van der Waals surface area (Å²) in [5.41, 5.74) is 0. The summed E-state index contributed by atoms with van der Waals surface area (Å²) in [5, 5.41) is 3.32. The van der Waals surface area contributed by atoms with Gasteiger partial charge in [-0.25, -0.2) is 0 Å². The van der Waals surface area contributed by atoms with Gasteiger partial charge in [-0.2, -0.15) is 0 Å². The Balaban J connectivity index is 1.71. The van der Waals surface area contributed by atoms with Crippen LogP contribution in [0.4, 0.5) is 0 Å². The molecular weight excluding hydrogens is 200 g/mol. The van der Waals surface area contributed by atoms with Gasteiger partial charge in [0.2, 0.25) is 0 Å². The maximum absolute atomic E-state index is 11.1.